The summed E-state index contributed by atoms with van der Waals surface area (Å²) >= 11 is 0. The van der Waals surface area contributed by atoms with E-state index in [2.05, 4.69) is 22.6 Å². The molecular formula is C22H23N3O4S. The van der Waals surface area contributed by atoms with E-state index < -0.39 is 22.2 Å². The maximum Gasteiger partial charge on any atom is 0.242 e. The fourth-order valence-electron chi connectivity index (χ4n) is 3.75. The Bertz CT molecular complexity index is 1210. The summed E-state index contributed by atoms with van der Waals surface area (Å²) in [6.07, 6.45) is 0.989. The molecule has 2 heterocycles. The lowest BCUT2D eigenvalue weighted by Crippen LogP contribution is -2.41. The Labute approximate surface area is 176 Å². The molecule has 0 amide bonds. The lowest BCUT2D eigenvalue weighted by atomic mass is 9.97. The van der Waals surface area contributed by atoms with Gasteiger partial charge in [0.1, 0.15) is 11.0 Å². The Morgan fingerprint density at radius 2 is 2.17 bits per heavy atom. The van der Waals surface area contributed by atoms with Crippen LogP contribution in [-0.4, -0.2) is 36.0 Å². The highest BCUT2D eigenvalue weighted by Crippen LogP contribution is 2.29. The van der Waals surface area contributed by atoms with Crippen LogP contribution in [0.15, 0.2) is 29.3 Å². The van der Waals surface area contributed by atoms with Crippen molar-refractivity contribution in [3.63, 3.8) is 0 Å². The first-order chi connectivity index (χ1) is 14.2. The Hall–Kier alpha value is -2.91. The quantitative estimate of drug-likeness (QED) is 0.571. The van der Waals surface area contributed by atoms with Crippen LogP contribution in [0.5, 0.6) is 0 Å². The number of ketones is 1. The SMILES string of the molecule is CC#C[C@@H](O)[C@H]1CCc2c(cn(C)c2C(=O)Cc2ccc(C)c(C#N)c2)S(=O)(=O)N1. The molecule has 2 N–H and O–H groups in total. The first kappa shape index (κ1) is 21.8. The molecule has 2 atom stereocenters. The number of nitriles is 1. The summed E-state index contributed by atoms with van der Waals surface area (Å²) in [5.41, 5.74) is 2.80. The number of benzene rings is 1. The number of rotatable bonds is 4. The maximum atomic E-state index is 13.1. The van der Waals surface area contributed by atoms with Crippen molar-refractivity contribution in [3.8, 4) is 17.9 Å². The Morgan fingerprint density at radius 1 is 1.43 bits per heavy atom. The van der Waals surface area contributed by atoms with Gasteiger partial charge >= 0.3 is 0 Å². The van der Waals surface area contributed by atoms with Crippen molar-refractivity contribution in [1.82, 2.24) is 9.29 Å². The van der Waals surface area contributed by atoms with Crippen LogP contribution in [-0.2, 0) is 29.9 Å². The third-order valence-corrected chi connectivity index (χ3v) is 6.82. The normalized spacial score (nSPS) is 18.3. The van der Waals surface area contributed by atoms with E-state index in [0.717, 1.165) is 5.56 Å². The zero-order valence-corrected chi connectivity index (χ0v) is 17.9. The number of aliphatic hydroxyl groups is 1. The molecule has 0 bridgehead atoms. The predicted octanol–water partition coefficient (Wildman–Crippen LogP) is 1.61. The van der Waals surface area contributed by atoms with Crippen LogP contribution in [0.2, 0.25) is 0 Å². The summed E-state index contributed by atoms with van der Waals surface area (Å²) in [5, 5.41) is 19.4. The molecule has 0 fully saturated rings. The highest BCUT2D eigenvalue weighted by molar-refractivity contribution is 7.89. The number of nitrogens with zero attached hydrogens (tertiary/aromatic N) is 2. The molecular weight excluding hydrogens is 402 g/mol. The molecule has 8 heteroatoms. The molecule has 0 saturated heterocycles. The summed E-state index contributed by atoms with van der Waals surface area (Å²) < 4.78 is 29.7. The molecule has 1 aliphatic heterocycles. The number of aromatic nitrogens is 1. The van der Waals surface area contributed by atoms with Gasteiger partial charge in [0.05, 0.1) is 23.4 Å². The van der Waals surface area contributed by atoms with Crippen molar-refractivity contribution >= 4 is 15.8 Å². The van der Waals surface area contributed by atoms with E-state index in [1.54, 1.807) is 32.2 Å². The molecule has 1 aromatic heterocycles. The molecule has 7 nitrogen and oxygen atoms in total. The first-order valence-corrected chi connectivity index (χ1v) is 11.0. The minimum absolute atomic E-state index is 0.0501. The molecule has 0 unspecified atom stereocenters. The minimum Gasteiger partial charge on any atom is -0.379 e. The average molecular weight is 426 g/mol. The van der Waals surface area contributed by atoms with Crippen LogP contribution in [0.4, 0.5) is 0 Å². The number of nitrogens with one attached hydrogen (secondary N) is 1. The lowest BCUT2D eigenvalue weighted by molar-refractivity contribution is 0.0984. The molecule has 0 saturated carbocycles. The standard InChI is InChI=1S/C22H23N3O4S/c1-4-5-19(26)18-9-8-17-21(30(28,29)24-18)13-25(3)22(17)20(27)11-15-7-6-14(2)16(10-15)12-23/h6-7,10,13,18-19,24,26H,8-9,11H2,1-3H3/t18-,19-/m1/s1. The molecule has 3 rings (SSSR count). The van der Waals surface area contributed by atoms with Crippen LogP contribution in [0.25, 0.3) is 0 Å². The highest BCUT2D eigenvalue weighted by Gasteiger charge is 2.34. The van der Waals surface area contributed by atoms with E-state index in [1.807, 2.05) is 6.92 Å². The fourth-order valence-corrected chi connectivity index (χ4v) is 5.34. The molecule has 1 aliphatic rings. The maximum absolute atomic E-state index is 13.1. The largest absolute Gasteiger partial charge is 0.379 e. The Balaban J connectivity index is 1.96. The van der Waals surface area contributed by atoms with Crippen molar-refractivity contribution < 1.29 is 18.3 Å². The third-order valence-electron chi connectivity index (χ3n) is 5.27. The van der Waals surface area contributed by atoms with Gasteiger partial charge in [-0.15, -0.1) is 5.92 Å². The van der Waals surface area contributed by atoms with Gasteiger partial charge in [0.15, 0.2) is 5.78 Å². The lowest BCUT2D eigenvalue weighted by Gasteiger charge is -2.17. The summed E-state index contributed by atoms with van der Waals surface area (Å²) in [4.78, 5) is 13.2. The van der Waals surface area contributed by atoms with Crippen LogP contribution in [0.3, 0.4) is 0 Å². The van der Waals surface area contributed by atoms with Crippen molar-refractivity contribution in [2.75, 3.05) is 0 Å². The minimum atomic E-state index is -3.91. The number of aryl methyl sites for hydroxylation is 2. The molecule has 0 radical (unpaired) electrons. The van der Waals surface area contributed by atoms with E-state index in [4.69, 9.17) is 0 Å². The number of hydrogen-bond donors (Lipinski definition) is 2. The first-order valence-electron chi connectivity index (χ1n) is 9.51. The van der Waals surface area contributed by atoms with Crippen molar-refractivity contribution in [3.05, 3.63) is 52.3 Å². The van der Waals surface area contributed by atoms with Crippen LogP contribution < -0.4 is 4.72 Å². The number of carbonyl (C=O) groups is 1. The van der Waals surface area contributed by atoms with Crippen molar-refractivity contribution in [2.45, 2.75) is 50.2 Å². The van der Waals surface area contributed by atoms with E-state index in [0.29, 0.717) is 35.2 Å². The van der Waals surface area contributed by atoms with Crippen LogP contribution in [0.1, 0.15) is 46.1 Å². The summed E-state index contributed by atoms with van der Waals surface area (Å²) in [6, 6.07) is 6.63. The number of Topliss-reactive ketones (excluding diaryl/α,β-unsaturated/α-hetero) is 1. The second-order valence-electron chi connectivity index (χ2n) is 7.40. The van der Waals surface area contributed by atoms with Crippen molar-refractivity contribution in [2.24, 2.45) is 7.05 Å². The predicted molar refractivity (Wildman–Crippen MR) is 111 cm³/mol. The van der Waals surface area contributed by atoms with Gasteiger partial charge in [-0.3, -0.25) is 4.79 Å². The van der Waals surface area contributed by atoms with Crippen LogP contribution >= 0.6 is 0 Å². The second kappa shape index (κ2) is 8.45. The summed E-state index contributed by atoms with van der Waals surface area (Å²) in [6.45, 7) is 3.40. The average Bonchev–Trinajstić information content (AvgIpc) is 2.97. The molecule has 156 valence electrons. The fraction of sp³-hybridized carbons (Fsp3) is 0.364. The van der Waals surface area contributed by atoms with Gasteiger partial charge in [0.25, 0.3) is 0 Å². The molecule has 0 aliphatic carbocycles. The van der Waals surface area contributed by atoms with Gasteiger partial charge in [0, 0.05) is 25.2 Å². The van der Waals surface area contributed by atoms with E-state index in [1.165, 1.54) is 10.8 Å². The topological polar surface area (TPSA) is 112 Å². The number of carbonyl (C=O) groups excluding carboxylic acids is 1. The molecule has 0 spiro atoms. The summed E-state index contributed by atoms with van der Waals surface area (Å²) in [7, 11) is -2.27. The Morgan fingerprint density at radius 3 is 2.83 bits per heavy atom. The molecule has 1 aromatic carbocycles. The van der Waals surface area contributed by atoms with E-state index in [-0.39, 0.29) is 17.1 Å². The van der Waals surface area contributed by atoms with Gasteiger partial charge in [-0.1, -0.05) is 18.1 Å². The van der Waals surface area contributed by atoms with Gasteiger partial charge in [-0.2, -0.15) is 5.26 Å². The number of hydrogen-bond acceptors (Lipinski definition) is 5. The van der Waals surface area contributed by atoms with Crippen molar-refractivity contribution in [1.29, 1.82) is 5.26 Å². The number of sulfonamides is 1. The second-order valence-corrected chi connectivity index (χ2v) is 9.08. The highest BCUT2D eigenvalue weighted by atomic mass is 32.2. The third kappa shape index (κ3) is 4.17. The van der Waals surface area contributed by atoms with E-state index in [9.17, 15) is 23.6 Å². The van der Waals surface area contributed by atoms with Gasteiger partial charge in [-0.05, 0) is 43.9 Å². The summed E-state index contributed by atoms with van der Waals surface area (Å²) in [5.74, 6) is 4.94. The monoisotopic (exact) mass is 425 g/mol. The Kier molecular flexibility index (Phi) is 6.14. The zero-order chi connectivity index (χ0) is 22.1. The van der Waals surface area contributed by atoms with E-state index >= 15 is 0 Å². The smallest absolute Gasteiger partial charge is 0.242 e. The van der Waals surface area contributed by atoms with Gasteiger partial charge in [0.2, 0.25) is 10.0 Å². The zero-order valence-electron chi connectivity index (χ0n) is 17.1. The van der Waals surface area contributed by atoms with Gasteiger partial charge < -0.3 is 9.67 Å². The molecule has 30 heavy (non-hydrogen) atoms. The number of aliphatic hydroxyl groups excluding tert-OH is 1. The van der Waals surface area contributed by atoms with Gasteiger partial charge in [-0.25, -0.2) is 13.1 Å². The number of fused-ring (bicyclic) bond motifs is 1. The van der Waals surface area contributed by atoms with Crippen LogP contribution in [0, 0.1) is 30.1 Å². The molecule has 2 aromatic rings.